The number of hydrogen-bond donors (Lipinski definition) is 0. The molecule has 2 rings (SSSR count). The summed E-state index contributed by atoms with van der Waals surface area (Å²) in [7, 11) is 1.10. The van der Waals surface area contributed by atoms with Crippen LogP contribution in [-0.4, -0.2) is 48.6 Å². The monoisotopic (exact) mass is 391 g/mol. The second-order valence-electron chi connectivity index (χ2n) is 9.16. The topological polar surface area (TPSA) is 57.2 Å². The smallest absolute Gasteiger partial charge is 0.497 e. The lowest BCUT2D eigenvalue weighted by molar-refractivity contribution is 0.00578. The molecule has 7 heteroatoms. The molecule has 0 N–H and O–H groups in total. The minimum absolute atomic E-state index is 0.331. The van der Waals surface area contributed by atoms with E-state index in [1.54, 1.807) is 12.0 Å². The minimum atomic E-state index is -0.531. The van der Waals surface area contributed by atoms with Gasteiger partial charge in [-0.3, -0.25) is 0 Å². The van der Waals surface area contributed by atoms with E-state index in [4.69, 9.17) is 18.8 Å². The number of nitrogens with zero attached hydrogens (tertiary/aromatic N) is 1. The summed E-state index contributed by atoms with van der Waals surface area (Å²) in [6.45, 7) is 16.6. The number of methoxy groups -OCH3 is 1. The maximum atomic E-state index is 12.5. The molecule has 156 valence electrons. The van der Waals surface area contributed by atoms with Crippen LogP contribution in [0.25, 0.3) is 0 Å². The summed E-state index contributed by atoms with van der Waals surface area (Å²) < 4.78 is 23.4. The normalized spacial score (nSPS) is 18.1. The number of ether oxygens (including phenoxy) is 2. The third-order valence-electron chi connectivity index (χ3n) is 5.21. The standard InChI is InChI=1S/C21H34BNO5/c1-10-23(18(24)26-19(2,3)4)14-15-11-12-17(25-9)16(13-15)22-27-20(5,6)21(7,8)28-22/h11-13H,10,14H2,1-9H3. The largest absolute Gasteiger partial charge is 0.498 e. The molecule has 0 aromatic heterocycles. The minimum Gasteiger partial charge on any atom is -0.497 e. The Kier molecular flexibility index (Phi) is 6.41. The van der Waals surface area contributed by atoms with Gasteiger partial charge in [-0.25, -0.2) is 4.79 Å². The SMILES string of the molecule is CCN(Cc1ccc(OC)c(B2OC(C)(C)C(C)(C)O2)c1)C(=O)OC(C)(C)C. The van der Waals surface area contributed by atoms with Gasteiger partial charge in [0.15, 0.2) is 0 Å². The van der Waals surface area contributed by atoms with E-state index < -0.39 is 23.9 Å². The van der Waals surface area contributed by atoms with Gasteiger partial charge < -0.3 is 23.7 Å². The first kappa shape index (κ1) is 22.6. The highest BCUT2D eigenvalue weighted by Gasteiger charge is 2.52. The van der Waals surface area contributed by atoms with Crippen molar-refractivity contribution in [2.75, 3.05) is 13.7 Å². The Hall–Kier alpha value is -1.73. The fourth-order valence-electron chi connectivity index (χ4n) is 2.89. The van der Waals surface area contributed by atoms with Crippen molar-refractivity contribution < 1.29 is 23.6 Å². The second-order valence-corrected chi connectivity index (χ2v) is 9.16. The van der Waals surface area contributed by atoms with Gasteiger partial charge in [-0.05, 0) is 67.0 Å². The lowest BCUT2D eigenvalue weighted by atomic mass is 9.77. The van der Waals surface area contributed by atoms with Gasteiger partial charge in [-0.1, -0.05) is 12.1 Å². The van der Waals surface area contributed by atoms with Gasteiger partial charge in [0.25, 0.3) is 0 Å². The molecule has 1 amide bonds. The Morgan fingerprint density at radius 2 is 1.71 bits per heavy atom. The van der Waals surface area contributed by atoms with Crippen LogP contribution in [-0.2, 0) is 20.6 Å². The van der Waals surface area contributed by atoms with Crippen molar-refractivity contribution in [1.82, 2.24) is 4.90 Å². The highest BCUT2D eigenvalue weighted by molar-refractivity contribution is 6.63. The lowest BCUT2D eigenvalue weighted by Gasteiger charge is -2.32. The van der Waals surface area contributed by atoms with Crippen molar-refractivity contribution in [1.29, 1.82) is 0 Å². The first-order valence-corrected chi connectivity index (χ1v) is 9.80. The summed E-state index contributed by atoms with van der Waals surface area (Å²) >= 11 is 0. The quantitative estimate of drug-likeness (QED) is 0.716. The molecule has 0 atom stereocenters. The maximum Gasteiger partial charge on any atom is 0.498 e. The second kappa shape index (κ2) is 7.95. The average molecular weight is 391 g/mol. The van der Waals surface area contributed by atoms with Crippen molar-refractivity contribution in [3.63, 3.8) is 0 Å². The molecule has 0 bridgehead atoms. The molecule has 0 radical (unpaired) electrons. The van der Waals surface area contributed by atoms with Crippen LogP contribution in [0.5, 0.6) is 5.75 Å². The fraction of sp³-hybridized carbons (Fsp3) is 0.667. The Bertz CT molecular complexity index is 695. The number of amides is 1. The molecule has 1 heterocycles. The van der Waals surface area contributed by atoms with Crippen LogP contribution < -0.4 is 10.2 Å². The van der Waals surface area contributed by atoms with E-state index in [0.717, 1.165) is 11.0 Å². The highest BCUT2D eigenvalue weighted by atomic mass is 16.7. The van der Waals surface area contributed by atoms with Crippen molar-refractivity contribution in [2.45, 2.75) is 78.7 Å². The molecular weight excluding hydrogens is 357 g/mol. The van der Waals surface area contributed by atoms with E-state index in [9.17, 15) is 4.79 Å². The summed E-state index contributed by atoms with van der Waals surface area (Å²) in [5.74, 6) is 0.697. The maximum absolute atomic E-state index is 12.5. The van der Waals surface area contributed by atoms with Crippen LogP contribution in [0, 0.1) is 0 Å². The van der Waals surface area contributed by atoms with Crippen LogP contribution in [0.15, 0.2) is 18.2 Å². The summed E-state index contributed by atoms with van der Waals surface area (Å²) in [6.07, 6.45) is -0.331. The highest BCUT2D eigenvalue weighted by Crippen LogP contribution is 2.37. The van der Waals surface area contributed by atoms with Gasteiger partial charge in [-0.2, -0.15) is 0 Å². The van der Waals surface area contributed by atoms with Gasteiger partial charge >= 0.3 is 13.2 Å². The first-order valence-electron chi connectivity index (χ1n) is 9.80. The lowest BCUT2D eigenvalue weighted by Crippen LogP contribution is -2.41. The Morgan fingerprint density at radius 1 is 1.14 bits per heavy atom. The molecule has 0 aliphatic carbocycles. The number of carbonyl (C=O) groups excluding carboxylic acids is 1. The predicted molar refractivity (Wildman–Crippen MR) is 111 cm³/mol. The summed E-state index contributed by atoms with van der Waals surface area (Å²) in [4.78, 5) is 14.1. The first-order chi connectivity index (χ1) is 12.8. The molecule has 1 aromatic carbocycles. The Morgan fingerprint density at radius 3 is 2.18 bits per heavy atom. The number of rotatable bonds is 5. The van der Waals surface area contributed by atoms with Gasteiger partial charge in [0.05, 0.1) is 18.3 Å². The zero-order valence-corrected chi connectivity index (χ0v) is 18.7. The van der Waals surface area contributed by atoms with E-state index in [1.807, 2.05) is 73.6 Å². The number of carbonyl (C=O) groups is 1. The third kappa shape index (κ3) is 5.00. The zero-order chi connectivity index (χ0) is 21.3. The van der Waals surface area contributed by atoms with Crippen LogP contribution in [0.4, 0.5) is 4.79 Å². The molecular formula is C21H34BNO5. The summed E-state index contributed by atoms with van der Waals surface area (Å²) in [5, 5.41) is 0. The Labute approximate surface area is 169 Å². The van der Waals surface area contributed by atoms with E-state index in [2.05, 4.69) is 0 Å². The van der Waals surface area contributed by atoms with Gasteiger partial charge in [0, 0.05) is 18.6 Å². The van der Waals surface area contributed by atoms with Crippen molar-refractivity contribution in [2.24, 2.45) is 0 Å². The molecule has 28 heavy (non-hydrogen) atoms. The van der Waals surface area contributed by atoms with E-state index >= 15 is 0 Å². The van der Waals surface area contributed by atoms with Crippen LogP contribution in [0.3, 0.4) is 0 Å². The van der Waals surface area contributed by atoms with Crippen molar-refractivity contribution >= 4 is 18.7 Å². The molecule has 1 aliphatic heterocycles. The van der Waals surface area contributed by atoms with Crippen molar-refractivity contribution in [3.8, 4) is 5.75 Å². The molecule has 0 saturated carbocycles. The van der Waals surface area contributed by atoms with Gasteiger partial charge in [0.2, 0.25) is 0 Å². The fourth-order valence-corrected chi connectivity index (χ4v) is 2.89. The molecule has 0 unspecified atom stereocenters. The predicted octanol–water partition coefficient (Wildman–Crippen LogP) is 3.75. The molecule has 6 nitrogen and oxygen atoms in total. The summed E-state index contributed by atoms with van der Waals surface area (Å²) in [6, 6.07) is 5.81. The third-order valence-corrected chi connectivity index (χ3v) is 5.21. The number of benzene rings is 1. The van der Waals surface area contributed by atoms with E-state index in [0.29, 0.717) is 18.8 Å². The molecule has 1 fully saturated rings. The molecule has 0 spiro atoms. The molecule has 1 aliphatic rings. The number of hydrogen-bond acceptors (Lipinski definition) is 5. The van der Waals surface area contributed by atoms with E-state index in [1.165, 1.54) is 0 Å². The van der Waals surface area contributed by atoms with Crippen LogP contribution >= 0.6 is 0 Å². The summed E-state index contributed by atoms with van der Waals surface area (Å²) in [5.41, 5.74) is 0.366. The van der Waals surface area contributed by atoms with Crippen LogP contribution in [0.2, 0.25) is 0 Å². The van der Waals surface area contributed by atoms with Crippen LogP contribution in [0.1, 0.15) is 61.0 Å². The van der Waals surface area contributed by atoms with Gasteiger partial charge in [0.1, 0.15) is 11.4 Å². The van der Waals surface area contributed by atoms with E-state index in [-0.39, 0.29) is 6.09 Å². The Balaban J connectivity index is 2.26. The molecule has 1 saturated heterocycles. The van der Waals surface area contributed by atoms with Crippen molar-refractivity contribution in [3.05, 3.63) is 23.8 Å². The van der Waals surface area contributed by atoms with Gasteiger partial charge in [-0.15, -0.1) is 0 Å². The average Bonchev–Trinajstić information content (AvgIpc) is 2.78. The molecule has 1 aromatic rings. The zero-order valence-electron chi connectivity index (χ0n) is 18.7.